The monoisotopic (exact) mass is 155 g/mol. The van der Waals surface area contributed by atoms with E-state index in [0.717, 1.165) is 12.8 Å². The lowest BCUT2D eigenvalue weighted by Crippen LogP contribution is -2.36. The highest BCUT2D eigenvalue weighted by atomic mass is 16.5. The van der Waals surface area contributed by atoms with Crippen LogP contribution in [-0.4, -0.2) is 19.1 Å². The smallest absolute Gasteiger partial charge is 0.310 e. The Hall–Kier alpha value is -0.830. The standard InChI is InChI=1S/C8H13NO2/c1-11-8(10)6-4-2-3-5-7(6)9/h3,5-7H,2,4,9H2,1H3/t6-,7+/m1/s1. The molecule has 0 aromatic rings. The number of rotatable bonds is 1. The average Bonchev–Trinajstić information content (AvgIpc) is 2.04. The molecule has 0 amide bonds. The van der Waals surface area contributed by atoms with Gasteiger partial charge in [-0.05, 0) is 12.8 Å². The lowest BCUT2D eigenvalue weighted by Gasteiger charge is -2.21. The predicted octanol–water partition coefficient (Wildman–Crippen LogP) is 0.453. The Labute approximate surface area is 66.2 Å². The Morgan fingerprint density at radius 1 is 1.73 bits per heavy atom. The van der Waals surface area contributed by atoms with Gasteiger partial charge in [-0.25, -0.2) is 0 Å². The van der Waals surface area contributed by atoms with E-state index in [1.54, 1.807) is 0 Å². The molecule has 3 nitrogen and oxygen atoms in total. The lowest BCUT2D eigenvalue weighted by atomic mass is 9.90. The van der Waals surface area contributed by atoms with Crippen LogP contribution in [0.3, 0.4) is 0 Å². The summed E-state index contributed by atoms with van der Waals surface area (Å²) in [6.45, 7) is 0. The quantitative estimate of drug-likeness (QED) is 0.442. The summed E-state index contributed by atoms with van der Waals surface area (Å²) in [6, 6.07) is -0.156. The minimum Gasteiger partial charge on any atom is -0.469 e. The molecule has 0 heterocycles. The van der Waals surface area contributed by atoms with Crippen LogP contribution in [0.2, 0.25) is 0 Å². The molecule has 0 saturated heterocycles. The molecule has 1 aliphatic rings. The Morgan fingerprint density at radius 2 is 2.45 bits per heavy atom. The van der Waals surface area contributed by atoms with E-state index in [-0.39, 0.29) is 17.9 Å². The zero-order chi connectivity index (χ0) is 8.27. The van der Waals surface area contributed by atoms with Crippen molar-refractivity contribution < 1.29 is 9.53 Å². The third-order valence-corrected chi connectivity index (χ3v) is 1.97. The molecule has 1 rings (SSSR count). The number of hydrogen-bond acceptors (Lipinski definition) is 3. The zero-order valence-electron chi connectivity index (χ0n) is 6.62. The zero-order valence-corrected chi connectivity index (χ0v) is 6.62. The molecule has 0 aromatic carbocycles. The van der Waals surface area contributed by atoms with E-state index < -0.39 is 0 Å². The molecule has 2 atom stereocenters. The fourth-order valence-electron chi connectivity index (χ4n) is 1.28. The molecule has 62 valence electrons. The molecule has 0 fully saturated rings. The van der Waals surface area contributed by atoms with Crippen LogP contribution in [0.15, 0.2) is 12.2 Å². The maximum absolute atomic E-state index is 11.0. The molecule has 1 aliphatic carbocycles. The summed E-state index contributed by atoms with van der Waals surface area (Å²) in [5, 5.41) is 0. The Morgan fingerprint density at radius 3 is 3.00 bits per heavy atom. The Balaban J connectivity index is 2.57. The van der Waals surface area contributed by atoms with E-state index in [1.165, 1.54) is 7.11 Å². The number of ether oxygens (including phenoxy) is 1. The van der Waals surface area contributed by atoms with Gasteiger partial charge in [0, 0.05) is 6.04 Å². The first-order valence-electron chi connectivity index (χ1n) is 3.76. The van der Waals surface area contributed by atoms with Gasteiger partial charge in [-0.1, -0.05) is 12.2 Å². The Bertz CT molecular complexity index is 177. The Kier molecular flexibility index (Phi) is 2.65. The molecule has 0 bridgehead atoms. The molecule has 0 saturated carbocycles. The van der Waals surface area contributed by atoms with Crippen LogP contribution in [0, 0.1) is 5.92 Å². The van der Waals surface area contributed by atoms with Gasteiger partial charge in [0.25, 0.3) is 0 Å². The van der Waals surface area contributed by atoms with Crippen LogP contribution in [0.25, 0.3) is 0 Å². The van der Waals surface area contributed by atoms with Crippen LogP contribution in [0.5, 0.6) is 0 Å². The molecule has 0 aliphatic heterocycles. The van der Waals surface area contributed by atoms with Gasteiger partial charge < -0.3 is 10.5 Å². The summed E-state index contributed by atoms with van der Waals surface area (Å²) in [7, 11) is 1.40. The van der Waals surface area contributed by atoms with Crippen molar-refractivity contribution in [1.29, 1.82) is 0 Å². The van der Waals surface area contributed by atoms with Crippen LogP contribution in [0.1, 0.15) is 12.8 Å². The summed E-state index contributed by atoms with van der Waals surface area (Å²) in [5.41, 5.74) is 5.67. The molecule has 0 unspecified atom stereocenters. The maximum atomic E-state index is 11.0. The molecular formula is C8H13NO2. The van der Waals surface area contributed by atoms with E-state index in [0.29, 0.717) is 0 Å². The summed E-state index contributed by atoms with van der Waals surface area (Å²) < 4.78 is 4.61. The largest absolute Gasteiger partial charge is 0.469 e. The van der Waals surface area contributed by atoms with Crippen LogP contribution >= 0.6 is 0 Å². The molecule has 0 aromatic heterocycles. The van der Waals surface area contributed by atoms with E-state index >= 15 is 0 Å². The van der Waals surface area contributed by atoms with Crippen molar-refractivity contribution in [3.8, 4) is 0 Å². The predicted molar refractivity (Wildman–Crippen MR) is 41.9 cm³/mol. The van der Waals surface area contributed by atoms with Gasteiger partial charge >= 0.3 is 5.97 Å². The average molecular weight is 155 g/mol. The molecule has 11 heavy (non-hydrogen) atoms. The van der Waals surface area contributed by atoms with Crippen LogP contribution in [0.4, 0.5) is 0 Å². The minimum absolute atomic E-state index is 0.134. The van der Waals surface area contributed by atoms with Crippen molar-refractivity contribution in [1.82, 2.24) is 0 Å². The minimum atomic E-state index is -0.193. The van der Waals surface area contributed by atoms with Gasteiger partial charge in [0.15, 0.2) is 0 Å². The van der Waals surface area contributed by atoms with Crippen molar-refractivity contribution in [3.05, 3.63) is 12.2 Å². The van der Waals surface area contributed by atoms with Crippen molar-refractivity contribution >= 4 is 5.97 Å². The lowest BCUT2D eigenvalue weighted by molar-refractivity contribution is -0.146. The fraction of sp³-hybridized carbons (Fsp3) is 0.625. The molecule has 3 heteroatoms. The highest BCUT2D eigenvalue weighted by Gasteiger charge is 2.25. The second-order valence-corrected chi connectivity index (χ2v) is 2.71. The first-order valence-corrected chi connectivity index (χ1v) is 3.76. The SMILES string of the molecule is COC(=O)[C@@H]1CCC=C[C@@H]1N. The topological polar surface area (TPSA) is 52.3 Å². The summed E-state index contributed by atoms with van der Waals surface area (Å²) >= 11 is 0. The maximum Gasteiger partial charge on any atom is 0.310 e. The highest BCUT2D eigenvalue weighted by molar-refractivity contribution is 5.73. The number of allylic oxidation sites excluding steroid dienone is 1. The van der Waals surface area contributed by atoms with Crippen LogP contribution in [-0.2, 0) is 9.53 Å². The second kappa shape index (κ2) is 3.53. The van der Waals surface area contributed by atoms with Gasteiger partial charge in [-0.2, -0.15) is 0 Å². The number of nitrogens with two attached hydrogens (primary N) is 1. The molecule has 2 N–H and O–H groups in total. The molecule has 0 radical (unpaired) electrons. The van der Waals surface area contributed by atoms with E-state index in [4.69, 9.17) is 5.73 Å². The van der Waals surface area contributed by atoms with E-state index in [2.05, 4.69) is 4.74 Å². The van der Waals surface area contributed by atoms with E-state index in [9.17, 15) is 4.79 Å². The second-order valence-electron chi connectivity index (χ2n) is 2.71. The third-order valence-electron chi connectivity index (χ3n) is 1.97. The molecular weight excluding hydrogens is 142 g/mol. The number of methoxy groups -OCH3 is 1. The molecule has 0 spiro atoms. The number of esters is 1. The van der Waals surface area contributed by atoms with Crippen molar-refractivity contribution in [2.24, 2.45) is 11.7 Å². The number of carbonyl (C=O) groups excluding carboxylic acids is 1. The van der Waals surface area contributed by atoms with Gasteiger partial charge in [0.2, 0.25) is 0 Å². The van der Waals surface area contributed by atoms with E-state index in [1.807, 2.05) is 12.2 Å². The van der Waals surface area contributed by atoms with Gasteiger partial charge in [0.1, 0.15) is 0 Å². The van der Waals surface area contributed by atoms with Crippen molar-refractivity contribution in [3.63, 3.8) is 0 Å². The van der Waals surface area contributed by atoms with Gasteiger partial charge in [-0.3, -0.25) is 4.79 Å². The summed E-state index contributed by atoms with van der Waals surface area (Å²) in [4.78, 5) is 11.0. The van der Waals surface area contributed by atoms with Crippen molar-refractivity contribution in [2.75, 3.05) is 7.11 Å². The summed E-state index contributed by atoms with van der Waals surface area (Å²) in [6.07, 6.45) is 5.60. The number of carbonyl (C=O) groups is 1. The van der Waals surface area contributed by atoms with Gasteiger partial charge in [0.05, 0.1) is 13.0 Å². The first-order chi connectivity index (χ1) is 5.25. The van der Waals surface area contributed by atoms with Crippen LogP contribution < -0.4 is 5.73 Å². The summed E-state index contributed by atoms with van der Waals surface area (Å²) in [5.74, 6) is -0.327. The fourth-order valence-corrected chi connectivity index (χ4v) is 1.28. The normalized spacial score (nSPS) is 30.0. The van der Waals surface area contributed by atoms with Gasteiger partial charge in [-0.15, -0.1) is 0 Å². The number of hydrogen-bond donors (Lipinski definition) is 1. The highest BCUT2D eigenvalue weighted by Crippen LogP contribution is 2.18. The first kappa shape index (κ1) is 8.27. The van der Waals surface area contributed by atoms with Crippen molar-refractivity contribution in [2.45, 2.75) is 18.9 Å². The third kappa shape index (κ3) is 1.80.